The van der Waals surface area contributed by atoms with Crippen LogP contribution in [0.15, 0.2) is 24.3 Å². The number of carbonyl (C=O) groups excluding carboxylic acids is 3. The number of para-hydroxylation sites is 1. The molecule has 0 aliphatic carbocycles. The molecular formula is C26H34N2O5. The Morgan fingerprint density at radius 2 is 1.52 bits per heavy atom. The first-order chi connectivity index (χ1) is 15.3. The van der Waals surface area contributed by atoms with E-state index in [0.29, 0.717) is 44.3 Å². The predicted molar refractivity (Wildman–Crippen MR) is 126 cm³/mol. The van der Waals surface area contributed by atoms with Crippen molar-refractivity contribution < 1.29 is 23.9 Å². The van der Waals surface area contributed by atoms with Gasteiger partial charge in [0.25, 0.3) is 0 Å². The van der Waals surface area contributed by atoms with Crippen LogP contribution in [0.1, 0.15) is 88.1 Å². The summed E-state index contributed by atoms with van der Waals surface area (Å²) in [6, 6.07) is 7.54. The second-order valence-electron chi connectivity index (χ2n) is 11.2. The molecular weight excluding hydrogens is 420 g/mol. The molecule has 33 heavy (non-hydrogen) atoms. The second kappa shape index (κ2) is 7.89. The van der Waals surface area contributed by atoms with Crippen molar-refractivity contribution >= 4 is 28.9 Å². The van der Waals surface area contributed by atoms with Gasteiger partial charge in [-0.25, -0.2) is 9.59 Å². The Morgan fingerprint density at radius 1 is 0.909 bits per heavy atom. The van der Waals surface area contributed by atoms with Crippen LogP contribution in [-0.2, 0) is 14.9 Å². The zero-order chi connectivity index (χ0) is 24.2. The molecule has 1 fully saturated rings. The Morgan fingerprint density at radius 3 is 2.12 bits per heavy atom. The molecule has 1 aromatic carbocycles. The monoisotopic (exact) mass is 454 g/mol. The van der Waals surface area contributed by atoms with Gasteiger partial charge in [-0.05, 0) is 66.9 Å². The van der Waals surface area contributed by atoms with Crippen LogP contribution in [0.5, 0.6) is 0 Å². The number of benzene rings is 1. The van der Waals surface area contributed by atoms with E-state index in [4.69, 9.17) is 9.47 Å². The summed E-state index contributed by atoms with van der Waals surface area (Å²) in [5, 5.41) is 0.742. The van der Waals surface area contributed by atoms with Gasteiger partial charge < -0.3 is 14.4 Å². The summed E-state index contributed by atoms with van der Waals surface area (Å²) < 4.78 is 13.1. The van der Waals surface area contributed by atoms with E-state index in [1.807, 2.05) is 65.8 Å². The number of ether oxygens (including phenoxy) is 2. The molecule has 1 amide bonds. The minimum atomic E-state index is -0.654. The molecule has 1 saturated heterocycles. The van der Waals surface area contributed by atoms with Gasteiger partial charge in [0.2, 0.25) is 5.91 Å². The third kappa shape index (κ3) is 4.37. The van der Waals surface area contributed by atoms with Gasteiger partial charge in [0.1, 0.15) is 11.2 Å². The standard InChI is InChI=1S/C26H34N2O5/c1-24(2,3)32-22(30)20-17-9-7-8-10-18(17)28-19(29)11-12-26(21(20)28)13-15-27(16-14-26)23(31)33-25(4,5)6/h7-10H,11-16H2,1-6H3. The maximum absolute atomic E-state index is 13.4. The Labute approximate surface area is 195 Å². The number of fused-ring (bicyclic) bond motifs is 4. The molecule has 2 aromatic rings. The highest BCUT2D eigenvalue weighted by Gasteiger charge is 2.47. The van der Waals surface area contributed by atoms with E-state index in [-0.39, 0.29) is 17.4 Å². The van der Waals surface area contributed by atoms with Crippen molar-refractivity contribution in [2.75, 3.05) is 13.1 Å². The molecule has 1 aromatic heterocycles. The van der Waals surface area contributed by atoms with Gasteiger partial charge in [-0.1, -0.05) is 18.2 Å². The quantitative estimate of drug-likeness (QED) is 0.547. The number of carbonyl (C=O) groups is 3. The van der Waals surface area contributed by atoms with Crippen molar-refractivity contribution in [3.63, 3.8) is 0 Å². The summed E-state index contributed by atoms with van der Waals surface area (Å²) in [5.74, 6) is -0.410. The van der Waals surface area contributed by atoms with E-state index in [2.05, 4.69) is 0 Å². The van der Waals surface area contributed by atoms with Crippen LogP contribution >= 0.6 is 0 Å². The second-order valence-corrected chi connectivity index (χ2v) is 11.2. The highest BCUT2D eigenvalue weighted by Crippen LogP contribution is 2.47. The lowest BCUT2D eigenvalue weighted by molar-refractivity contribution is 0.00538. The smallest absolute Gasteiger partial charge is 0.410 e. The van der Waals surface area contributed by atoms with Crippen LogP contribution in [0.25, 0.3) is 10.9 Å². The summed E-state index contributed by atoms with van der Waals surface area (Å²) in [6.07, 6.45) is 2.06. The molecule has 7 heteroatoms. The summed E-state index contributed by atoms with van der Waals surface area (Å²) in [6.45, 7) is 12.1. The number of rotatable bonds is 1. The minimum Gasteiger partial charge on any atom is -0.456 e. The molecule has 4 rings (SSSR count). The van der Waals surface area contributed by atoms with Crippen LogP contribution in [-0.4, -0.2) is 51.7 Å². The van der Waals surface area contributed by atoms with Crippen molar-refractivity contribution in [2.24, 2.45) is 0 Å². The molecule has 0 saturated carbocycles. The van der Waals surface area contributed by atoms with Gasteiger partial charge in [-0.15, -0.1) is 0 Å². The predicted octanol–water partition coefficient (Wildman–Crippen LogP) is 5.30. The van der Waals surface area contributed by atoms with E-state index >= 15 is 0 Å². The van der Waals surface area contributed by atoms with Crippen LogP contribution in [0.2, 0.25) is 0 Å². The van der Waals surface area contributed by atoms with E-state index in [9.17, 15) is 14.4 Å². The lowest BCUT2D eigenvalue weighted by Crippen LogP contribution is -2.49. The average Bonchev–Trinajstić information content (AvgIpc) is 3.06. The first-order valence-corrected chi connectivity index (χ1v) is 11.7. The molecule has 0 radical (unpaired) electrons. The fourth-order valence-corrected chi connectivity index (χ4v) is 5.04. The van der Waals surface area contributed by atoms with Crippen molar-refractivity contribution in [1.82, 2.24) is 9.47 Å². The molecule has 3 heterocycles. The maximum Gasteiger partial charge on any atom is 0.410 e. The molecule has 0 atom stereocenters. The Hall–Kier alpha value is -2.83. The summed E-state index contributed by atoms with van der Waals surface area (Å²) in [4.78, 5) is 40.9. The SMILES string of the molecule is CC(C)(C)OC(=O)c1c2n(c3ccccc13)C(=O)CCC21CCN(C(=O)OC(C)(C)C)CC1. The Balaban J connectivity index is 1.77. The first kappa shape index (κ1) is 23.3. The average molecular weight is 455 g/mol. The fraction of sp³-hybridized carbons (Fsp3) is 0.577. The number of esters is 1. The van der Waals surface area contributed by atoms with E-state index in [1.54, 1.807) is 9.47 Å². The van der Waals surface area contributed by atoms with Gasteiger partial charge in [-0.3, -0.25) is 9.36 Å². The summed E-state index contributed by atoms with van der Waals surface area (Å²) >= 11 is 0. The molecule has 7 nitrogen and oxygen atoms in total. The molecule has 2 aliphatic rings. The lowest BCUT2D eigenvalue weighted by Gasteiger charge is -2.44. The number of aromatic nitrogens is 1. The third-order valence-corrected chi connectivity index (χ3v) is 6.42. The van der Waals surface area contributed by atoms with Gasteiger partial charge >= 0.3 is 12.1 Å². The number of hydrogen-bond donors (Lipinski definition) is 0. The van der Waals surface area contributed by atoms with Crippen molar-refractivity contribution in [1.29, 1.82) is 0 Å². The van der Waals surface area contributed by atoms with Crippen molar-refractivity contribution in [2.45, 2.75) is 83.8 Å². The minimum absolute atomic E-state index is 0.00351. The van der Waals surface area contributed by atoms with E-state index < -0.39 is 17.2 Å². The normalized spacial score (nSPS) is 18.4. The van der Waals surface area contributed by atoms with E-state index in [0.717, 1.165) is 16.6 Å². The highest BCUT2D eigenvalue weighted by atomic mass is 16.6. The number of hydrogen-bond acceptors (Lipinski definition) is 5. The third-order valence-electron chi connectivity index (χ3n) is 6.42. The number of piperidine rings is 1. The highest BCUT2D eigenvalue weighted by molar-refractivity contribution is 6.10. The van der Waals surface area contributed by atoms with Gasteiger partial charge in [0.15, 0.2) is 0 Å². The van der Waals surface area contributed by atoms with Crippen LogP contribution in [0, 0.1) is 0 Å². The van der Waals surface area contributed by atoms with Gasteiger partial charge in [0.05, 0.1) is 11.1 Å². The zero-order valence-corrected chi connectivity index (χ0v) is 20.5. The number of amides is 1. The molecule has 2 aliphatic heterocycles. The first-order valence-electron chi connectivity index (χ1n) is 11.7. The Kier molecular flexibility index (Phi) is 5.58. The van der Waals surface area contributed by atoms with Gasteiger partial charge in [0, 0.05) is 36.0 Å². The molecule has 0 bridgehead atoms. The molecule has 0 N–H and O–H groups in total. The molecule has 178 valence electrons. The van der Waals surface area contributed by atoms with Crippen molar-refractivity contribution in [3.05, 3.63) is 35.5 Å². The van der Waals surface area contributed by atoms with Crippen LogP contribution in [0.3, 0.4) is 0 Å². The fourth-order valence-electron chi connectivity index (χ4n) is 5.04. The van der Waals surface area contributed by atoms with Crippen LogP contribution in [0.4, 0.5) is 4.79 Å². The van der Waals surface area contributed by atoms with E-state index in [1.165, 1.54) is 0 Å². The number of nitrogens with zero attached hydrogens (tertiary/aromatic N) is 2. The van der Waals surface area contributed by atoms with Crippen LogP contribution < -0.4 is 0 Å². The largest absolute Gasteiger partial charge is 0.456 e. The summed E-state index contributed by atoms with van der Waals surface area (Å²) in [5.41, 5.74) is 0.389. The van der Waals surface area contributed by atoms with Crippen molar-refractivity contribution in [3.8, 4) is 0 Å². The zero-order valence-electron chi connectivity index (χ0n) is 20.5. The lowest BCUT2D eigenvalue weighted by atomic mass is 9.69. The number of likely N-dealkylation sites (tertiary alicyclic amines) is 1. The Bertz CT molecular complexity index is 1110. The van der Waals surface area contributed by atoms with Gasteiger partial charge in [-0.2, -0.15) is 0 Å². The maximum atomic E-state index is 13.4. The molecule has 1 spiro atoms. The summed E-state index contributed by atoms with van der Waals surface area (Å²) in [7, 11) is 0. The molecule has 0 unspecified atom stereocenters. The topological polar surface area (TPSA) is 77.8 Å².